The van der Waals surface area contributed by atoms with Crippen LogP contribution in [-0.4, -0.2) is 40.6 Å². The molecule has 3 heterocycles. The number of hydrogen-bond acceptors (Lipinski definition) is 6. The smallest absolute Gasteiger partial charge is 0.343 e. The van der Waals surface area contributed by atoms with Crippen LogP contribution in [0.2, 0.25) is 0 Å². The van der Waals surface area contributed by atoms with Crippen molar-refractivity contribution >= 4 is 5.97 Å². The summed E-state index contributed by atoms with van der Waals surface area (Å²) in [7, 11) is 1.35. The van der Waals surface area contributed by atoms with Gasteiger partial charge in [0, 0.05) is 56.8 Å². The standard InChI is InChI=1S/C30H29N3O4/c1-36-30(35)29-26-13-16-32(20-22-7-9-25(10-8-22)24-5-3-2-4-6-24)17-18-33(26)28(34)19-27(29)37-21-23-11-14-31-15-12-23/h2-12,14-15,19H,13,16-18,20-21H2,1H3. The number of ether oxygens (including phenoxy) is 2. The summed E-state index contributed by atoms with van der Waals surface area (Å²) in [4.78, 5) is 32.2. The number of methoxy groups -OCH3 is 1. The second-order valence-corrected chi connectivity index (χ2v) is 9.04. The Morgan fingerprint density at radius 1 is 0.892 bits per heavy atom. The van der Waals surface area contributed by atoms with E-state index in [-0.39, 0.29) is 17.9 Å². The number of carbonyl (C=O) groups is 1. The van der Waals surface area contributed by atoms with Gasteiger partial charge in [-0.05, 0) is 34.4 Å². The zero-order valence-corrected chi connectivity index (χ0v) is 20.8. The minimum Gasteiger partial charge on any atom is -0.488 e. The molecule has 0 atom stereocenters. The number of hydrogen-bond donors (Lipinski definition) is 0. The molecule has 0 N–H and O–H groups in total. The second-order valence-electron chi connectivity index (χ2n) is 9.04. The molecule has 2 aromatic carbocycles. The molecule has 7 heteroatoms. The van der Waals surface area contributed by atoms with E-state index in [1.165, 1.54) is 29.9 Å². The lowest BCUT2D eigenvalue weighted by Crippen LogP contribution is -2.29. The van der Waals surface area contributed by atoms with Gasteiger partial charge in [0.15, 0.2) is 0 Å². The van der Waals surface area contributed by atoms with Crippen molar-refractivity contribution < 1.29 is 14.3 Å². The van der Waals surface area contributed by atoms with Gasteiger partial charge in [0.25, 0.3) is 5.56 Å². The summed E-state index contributed by atoms with van der Waals surface area (Å²) >= 11 is 0. The summed E-state index contributed by atoms with van der Waals surface area (Å²) in [6, 6.07) is 24.0. The summed E-state index contributed by atoms with van der Waals surface area (Å²) in [5.74, 6) is -0.247. The Hall–Kier alpha value is -4.23. The van der Waals surface area contributed by atoms with Gasteiger partial charge >= 0.3 is 5.97 Å². The van der Waals surface area contributed by atoms with E-state index in [1.807, 2.05) is 30.3 Å². The Morgan fingerprint density at radius 3 is 2.35 bits per heavy atom. The minimum atomic E-state index is -0.501. The number of aromatic nitrogens is 2. The number of carbonyl (C=O) groups excluding carboxylic acids is 1. The van der Waals surface area contributed by atoms with Crippen LogP contribution in [0.4, 0.5) is 0 Å². The highest BCUT2D eigenvalue weighted by Gasteiger charge is 2.26. The van der Waals surface area contributed by atoms with Gasteiger partial charge in [0.1, 0.15) is 17.9 Å². The first kappa shape index (κ1) is 24.5. The quantitative estimate of drug-likeness (QED) is 0.355. The van der Waals surface area contributed by atoms with Gasteiger partial charge in [-0.15, -0.1) is 0 Å². The minimum absolute atomic E-state index is 0.179. The topological polar surface area (TPSA) is 73.7 Å². The molecule has 0 spiro atoms. The molecule has 2 aromatic heterocycles. The molecule has 0 fully saturated rings. The SMILES string of the molecule is COC(=O)c1c(OCc2ccncc2)cc(=O)n2c1CCN(Cc1ccc(-c3ccccc3)cc1)CC2. The number of nitrogens with zero attached hydrogens (tertiary/aromatic N) is 3. The van der Waals surface area contributed by atoms with Crippen molar-refractivity contribution in [1.82, 2.24) is 14.5 Å². The molecule has 0 saturated heterocycles. The lowest BCUT2D eigenvalue weighted by atomic mass is 10.0. The van der Waals surface area contributed by atoms with E-state index in [2.05, 4.69) is 46.3 Å². The predicted molar refractivity (Wildman–Crippen MR) is 141 cm³/mol. The molecule has 0 aliphatic carbocycles. The van der Waals surface area contributed by atoms with E-state index >= 15 is 0 Å². The fraction of sp³-hybridized carbons (Fsp3) is 0.233. The first-order valence-electron chi connectivity index (χ1n) is 12.4. The van der Waals surface area contributed by atoms with E-state index < -0.39 is 5.97 Å². The van der Waals surface area contributed by atoms with E-state index in [9.17, 15) is 9.59 Å². The highest BCUT2D eigenvalue weighted by Crippen LogP contribution is 2.26. The van der Waals surface area contributed by atoms with E-state index in [1.54, 1.807) is 17.0 Å². The third-order valence-electron chi connectivity index (χ3n) is 6.69. The molecular formula is C30H29N3O4. The Labute approximate surface area is 215 Å². The maximum absolute atomic E-state index is 13.1. The van der Waals surface area contributed by atoms with Gasteiger partial charge in [-0.2, -0.15) is 0 Å². The number of esters is 1. The Bertz CT molecular complexity index is 1420. The van der Waals surface area contributed by atoms with Crippen LogP contribution in [0.5, 0.6) is 5.75 Å². The fourth-order valence-electron chi connectivity index (χ4n) is 4.72. The zero-order valence-electron chi connectivity index (χ0n) is 20.8. The first-order valence-corrected chi connectivity index (χ1v) is 12.4. The monoisotopic (exact) mass is 495 g/mol. The summed E-state index contributed by atoms with van der Waals surface area (Å²) in [6.07, 6.45) is 3.89. The van der Waals surface area contributed by atoms with Crippen molar-refractivity contribution in [2.24, 2.45) is 0 Å². The fourth-order valence-corrected chi connectivity index (χ4v) is 4.72. The van der Waals surface area contributed by atoms with Crippen LogP contribution in [0.1, 0.15) is 27.2 Å². The van der Waals surface area contributed by atoms with Crippen molar-refractivity contribution in [3.63, 3.8) is 0 Å². The molecule has 37 heavy (non-hydrogen) atoms. The van der Waals surface area contributed by atoms with Crippen molar-refractivity contribution in [3.8, 4) is 16.9 Å². The summed E-state index contributed by atoms with van der Waals surface area (Å²) in [5, 5.41) is 0. The van der Waals surface area contributed by atoms with Gasteiger partial charge < -0.3 is 14.0 Å². The van der Waals surface area contributed by atoms with Crippen LogP contribution >= 0.6 is 0 Å². The number of pyridine rings is 2. The first-order chi connectivity index (χ1) is 18.1. The lowest BCUT2D eigenvalue weighted by molar-refractivity contribution is 0.0592. The summed E-state index contributed by atoms with van der Waals surface area (Å²) < 4.78 is 12.7. The van der Waals surface area contributed by atoms with Gasteiger partial charge in [-0.3, -0.25) is 14.7 Å². The third kappa shape index (κ3) is 5.62. The van der Waals surface area contributed by atoms with Crippen molar-refractivity contribution in [2.45, 2.75) is 26.1 Å². The molecule has 5 rings (SSSR count). The van der Waals surface area contributed by atoms with Crippen molar-refractivity contribution in [1.29, 1.82) is 0 Å². The number of rotatable bonds is 7. The Balaban J connectivity index is 1.34. The van der Waals surface area contributed by atoms with Crippen LogP contribution in [0.25, 0.3) is 11.1 Å². The van der Waals surface area contributed by atoms with Gasteiger partial charge in [-0.25, -0.2) is 4.79 Å². The summed E-state index contributed by atoms with van der Waals surface area (Å²) in [6.45, 7) is 2.88. The van der Waals surface area contributed by atoms with Gasteiger partial charge in [-0.1, -0.05) is 54.6 Å². The molecule has 188 valence electrons. The molecule has 0 unspecified atom stereocenters. The van der Waals surface area contributed by atoms with Crippen molar-refractivity contribution in [2.75, 3.05) is 20.2 Å². The third-order valence-corrected chi connectivity index (χ3v) is 6.69. The van der Waals surface area contributed by atoms with Gasteiger partial charge in [0.05, 0.1) is 7.11 Å². The highest BCUT2D eigenvalue weighted by atomic mass is 16.5. The van der Waals surface area contributed by atoms with Crippen LogP contribution in [0.3, 0.4) is 0 Å². The maximum Gasteiger partial charge on any atom is 0.343 e. The average molecular weight is 496 g/mol. The average Bonchev–Trinajstić information content (AvgIpc) is 3.16. The van der Waals surface area contributed by atoms with Crippen LogP contribution in [-0.2, 0) is 30.9 Å². The Kier molecular flexibility index (Phi) is 7.42. The summed E-state index contributed by atoms with van der Waals surface area (Å²) in [5.41, 5.74) is 5.27. The second kappa shape index (κ2) is 11.2. The molecule has 1 aliphatic rings. The molecule has 1 aliphatic heterocycles. The molecule has 0 bridgehead atoms. The molecule has 4 aromatic rings. The molecule has 0 amide bonds. The van der Waals surface area contributed by atoms with Gasteiger partial charge in [0.2, 0.25) is 0 Å². The number of benzene rings is 2. The Morgan fingerprint density at radius 2 is 1.62 bits per heavy atom. The molecule has 0 saturated carbocycles. The zero-order chi connectivity index (χ0) is 25.6. The van der Waals surface area contributed by atoms with E-state index in [0.717, 1.165) is 12.1 Å². The maximum atomic E-state index is 13.1. The largest absolute Gasteiger partial charge is 0.488 e. The lowest BCUT2D eigenvalue weighted by Gasteiger charge is -2.19. The van der Waals surface area contributed by atoms with E-state index in [4.69, 9.17) is 9.47 Å². The van der Waals surface area contributed by atoms with E-state index in [0.29, 0.717) is 37.3 Å². The van der Waals surface area contributed by atoms with Crippen LogP contribution in [0.15, 0.2) is 90.0 Å². The highest BCUT2D eigenvalue weighted by molar-refractivity contribution is 5.93. The molecule has 7 nitrogen and oxygen atoms in total. The predicted octanol–water partition coefficient (Wildman–Crippen LogP) is 4.33. The normalized spacial score (nSPS) is 13.4. The molecular weight excluding hydrogens is 466 g/mol. The van der Waals surface area contributed by atoms with Crippen LogP contribution in [0, 0.1) is 0 Å². The van der Waals surface area contributed by atoms with Crippen molar-refractivity contribution in [3.05, 3.63) is 118 Å². The molecule has 0 radical (unpaired) electrons. The van der Waals surface area contributed by atoms with Crippen LogP contribution < -0.4 is 10.3 Å². The number of fused-ring (bicyclic) bond motifs is 1.